The molecule has 1 heteroatoms. The van der Waals surface area contributed by atoms with Gasteiger partial charge >= 0.3 is 0 Å². The Morgan fingerprint density at radius 2 is 1.79 bits per heavy atom. The molecule has 0 saturated heterocycles. The van der Waals surface area contributed by atoms with Crippen LogP contribution in [0.15, 0.2) is 11.1 Å². The quantitative estimate of drug-likeness (QED) is 0.586. The van der Waals surface area contributed by atoms with Crippen molar-refractivity contribution in [2.24, 2.45) is 5.41 Å². The minimum Gasteiger partial charge on any atom is -0.390 e. The molecular weight excluding hydrogens is 172 g/mol. The van der Waals surface area contributed by atoms with E-state index in [-0.39, 0.29) is 0 Å². The van der Waals surface area contributed by atoms with Crippen molar-refractivity contribution in [2.45, 2.75) is 64.9 Å². The molecule has 1 N–H and O–H groups in total. The van der Waals surface area contributed by atoms with E-state index < -0.39 is 5.60 Å². The first kappa shape index (κ1) is 10.2. The lowest BCUT2D eigenvalue weighted by molar-refractivity contribution is 0.0397. The summed E-state index contributed by atoms with van der Waals surface area (Å²) in [5, 5.41) is 10.0. The fourth-order valence-corrected chi connectivity index (χ4v) is 3.18. The van der Waals surface area contributed by atoms with Crippen LogP contribution in [0, 0.1) is 5.41 Å². The fraction of sp³-hybridized carbons (Fsp3) is 0.846. The summed E-state index contributed by atoms with van der Waals surface area (Å²) in [7, 11) is 0. The van der Waals surface area contributed by atoms with Crippen LogP contribution in [0.25, 0.3) is 0 Å². The van der Waals surface area contributed by atoms with E-state index in [0.29, 0.717) is 5.41 Å². The van der Waals surface area contributed by atoms with Crippen molar-refractivity contribution >= 4 is 0 Å². The minimum atomic E-state index is -0.424. The highest BCUT2D eigenvalue weighted by atomic mass is 16.3. The van der Waals surface area contributed by atoms with Gasteiger partial charge in [-0.3, -0.25) is 0 Å². The Hall–Kier alpha value is -0.300. The Labute approximate surface area is 87.2 Å². The Bertz CT molecular complexity index is 271. The van der Waals surface area contributed by atoms with Gasteiger partial charge in [0.15, 0.2) is 0 Å². The van der Waals surface area contributed by atoms with Crippen LogP contribution in [0.1, 0.15) is 59.3 Å². The van der Waals surface area contributed by atoms with E-state index >= 15 is 0 Å². The third-order valence-corrected chi connectivity index (χ3v) is 4.03. The highest BCUT2D eigenvalue weighted by molar-refractivity contribution is 5.28. The van der Waals surface area contributed by atoms with E-state index in [1.54, 1.807) is 11.1 Å². The third-order valence-electron chi connectivity index (χ3n) is 4.03. The summed E-state index contributed by atoms with van der Waals surface area (Å²) in [5.74, 6) is 0. The van der Waals surface area contributed by atoms with Crippen molar-refractivity contribution in [3.05, 3.63) is 11.1 Å². The van der Waals surface area contributed by atoms with Gasteiger partial charge in [-0.15, -0.1) is 0 Å². The Morgan fingerprint density at radius 1 is 1.07 bits per heavy atom. The topological polar surface area (TPSA) is 20.2 Å². The Kier molecular flexibility index (Phi) is 2.26. The zero-order valence-electron chi connectivity index (χ0n) is 9.69. The molecule has 0 heterocycles. The first-order valence-electron chi connectivity index (χ1n) is 5.84. The molecule has 1 nitrogen and oxygen atoms in total. The standard InChI is InChI=1S/C13H22O/c1-12(2)7-4-5-10-9-13(3,14)8-6-11(10)12/h14H,4-9H2,1-3H3. The highest BCUT2D eigenvalue weighted by Crippen LogP contribution is 2.48. The molecule has 0 saturated carbocycles. The first-order valence-corrected chi connectivity index (χ1v) is 5.84. The second-order valence-electron chi connectivity index (χ2n) is 5.99. The maximum absolute atomic E-state index is 10.0. The molecule has 2 aliphatic carbocycles. The average Bonchev–Trinajstić information content (AvgIpc) is 2.00. The van der Waals surface area contributed by atoms with Crippen LogP contribution in [0.3, 0.4) is 0 Å². The summed E-state index contributed by atoms with van der Waals surface area (Å²) in [6, 6.07) is 0. The molecule has 2 rings (SSSR count). The van der Waals surface area contributed by atoms with Gasteiger partial charge in [0, 0.05) is 0 Å². The number of rotatable bonds is 0. The van der Waals surface area contributed by atoms with Crippen LogP contribution in [-0.2, 0) is 0 Å². The van der Waals surface area contributed by atoms with E-state index in [1.165, 1.54) is 19.3 Å². The second kappa shape index (κ2) is 3.10. The second-order valence-corrected chi connectivity index (χ2v) is 5.99. The molecule has 0 aromatic rings. The summed E-state index contributed by atoms with van der Waals surface area (Å²) < 4.78 is 0. The smallest absolute Gasteiger partial charge is 0.0659 e. The lowest BCUT2D eigenvalue weighted by Crippen LogP contribution is -2.33. The molecule has 0 amide bonds. The van der Waals surface area contributed by atoms with Gasteiger partial charge < -0.3 is 5.11 Å². The van der Waals surface area contributed by atoms with Gasteiger partial charge in [0.2, 0.25) is 0 Å². The molecular formula is C13H22O. The molecule has 0 fully saturated rings. The zero-order chi connectivity index (χ0) is 10.4. The Morgan fingerprint density at radius 3 is 2.50 bits per heavy atom. The van der Waals surface area contributed by atoms with Crippen LogP contribution < -0.4 is 0 Å². The molecule has 0 bridgehead atoms. The van der Waals surface area contributed by atoms with Gasteiger partial charge in [0.25, 0.3) is 0 Å². The van der Waals surface area contributed by atoms with Crippen molar-refractivity contribution in [3.63, 3.8) is 0 Å². The van der Waals surface area contributed by atoms with Gasteiger partial charge in [0.1, 0.15) is 0 Å². The van der Waals surface area contributed by atoms with Gasteiger partial charge in [0.05, 0.1) is 5.60 Å². The fourth-order valence-electron chi connectivity index (χ4n) is 3.18. The SMILES string of the molecule is CC1(O)CCC2=C(CCCC2(C)C)C1. The van der Waals surface area contributed by atoms with Crippen molar-refractivity contribution in [2.75, 3.05) is 0 Å². The van der Waals surface area contributed by atoms with E-state index in [0.717, 1.165) is 19.3 Å². The van der Waals surface area contributed by atoms with Crippen molar-refractivity contribution in [1.82, 2.24) is 0 Å². The van der Waals surface area contributed by atoms with E-state index in [9.17, 15) is 5.11 Å². The van der Waals surface area contributed by atoms with Gasteiger partial charge in [-0.05, 0) is 50.9 Å². The molecule has 0 aliphatic heterocycles. The predicted octanol–water partition coefficient (Wildman–Crippen LogP) is 3.43. The molecule has 0 spiro atoms. The van der Waals surface area contributed by atoms with E-state index in [4.69, 9.17) is 0 Å². The normalized spacial score (nSPS) is 36.9. The third kappa shape index (κ3) is 1.75. The lowest BCUT2D eigenvalue weighted by Gasteiger charge is -2.42. The largest absolute Gasteiger partial charge is 0.390 e. The van der Waals surface area contributed by atoms with Crippen molar-refractivity contribution in [3.8, 4) is 0 Å². The predicted molar refractivity (Wildman–Crippen MR) is 59.1 cm³/mol. The molecule has 0 aromatic carbocycles. The molecule has 0 aromatic heterocycles. The number of aliphatic hydroxyl groups is 1. The zero-order valence-corrected chi connectivity index (χ0v) is 9.69. The molecule has 1 unspecified atom stereocenters. The summed E-state index contributed by atoms with van der Waals surface area (Å²) in [6.45, 7) is 6.71. The minimum absolute atomic E-state index is 0.407. The lowest BCUT2D eigenvalue weighted by atomic mass is 9.65. The molecule has 1 atom stereocenters. The number of allylic oxidation sites excluding steroid dienone is 1. The van der Waals surface area contributed by atoms with Crippen LogP contribution in [0.5, 0.6) is 0 Å². The summed E-state index contributed by atoms with van der Waals surface area (Å²) in [4.78, 5) is 0. The monoisotopic (exact) mass is 194 g/mol. The van der Waals surface area contributed by atoms with Crippen LogP contribution in [-0.4, -0.2) is 10.7 Å². The van der Waals surface area contributed by atoms with Crippen LogP contribution in [0.2, 0.25) is 0 Å². The molecule has 14 heavy (non-hydrogen) atoms. The van der Waals surface area contributed by atoms with Crippen molar-refractivity contribution in [1.29, 1.82) is 0 Å². The maximum atomic E-state index is 10.0. The summed E-state index contributed by atoms with van der Waals surface area (Å²) in [5.41, 5.74) is 3.21. The average molecular weight is 194 g/mol. The van der Waals surface area contributed by atoms with Crippen LogP contribution >= 0.6 is 0 Å². The Balaban J connectivity index is 2.30. The first-order chi connectivity index (χ1) is 6.41. The summed E-state index contributed by atoms with van der Waals surface area (Å²) in [6.07, 6.45) is 6.86. The van der Waals surface area contributed by atoms with Gasteiger partial charge in [-0.2, -0.15) is 0 Å². The van der Waals surface area contributed by atoms with Gasteiger partial charge in [-0.25, -0.2) is 0 Å². The van der Waals surface area contributed by atoms with E-state index in [2.05, 4.69) is 13.8 Å². The highest BCUT2D eigenvalue weighted by Gasteiger charge is 2.36. The van der Waals surface area contributed by atoms with Gasteiger partial charge in [-0.1, -0.05) is 25.0 Å². The van der Waals surface area contributed by atoms with Crippen molar-refractivity contribution < 1.29 is 5.11 Å². The molecule has 0 radical (unpaired) electrons. The van der Waals surface area contributed by atoms with E-state index in [1.807, 2.05) is 6.92 Å². The number of hydrogen-bond acceptors (Lipinski definition) is 1. The molecule has 80 valence electrons. The van der Waals surface area contributed by atoms with Crippen LogP contribution in [0.4, 0.5) is 0 Å². The number of hydrogen-bond donors (Lipinski definition) is 1. The maximum Gasteiger partial charge on any atom is 0.0659 e. The summed E-state index contributed by atoms with van der Waals surface area (Å²) >= 11 is 0. The molecule has 2 aliphatic rings.